The second-order valence-corrected chi connectivity index (χ2v) is 8.05. The molecule has 0 unspecified atom stereocenters. The van der Waals surface area contributed by atoms with Crippen molar-refractivity contribution in [3.8, 4) is 5.75 Å². The third-order valence-electron chi connectivity index (χ3n) is 5.99. The minimum atomic E-state index is -1.28. The molecule has 0 spiro atoms. The Morgan fingerprint density at radius 1 is 1.16 bits per heavy atom. The van der Waals surface area contributed by atoms with Crippen molar-refractivity contribution in [1.82, 2.24) is 14.8 Å². The van der Waals surface area contributed by atoms with Gasteiger partial charge in [-0.05, 0) is 56.7 Å². The van der Waals surface area contributed by atoms with E-state index < -0.39 is 17.5 Å². The number of carbonyl (C=O) groups excluding carboxylic acids is 3. The Morgan fingerprint density at radius 2 is 1.94 bits per heavy atom. The zero-order valence-corrected chi connectivity index (χ0v) is 18.5. The highest BCUT2D eigenvalue weighted by molar-refractivity contribution is 6.11. The summed E-state index contributed by atoms with van der Waals surface area (Å²) in [6.45, 7) is 5.53. The van der Waals surface area contributed by atoms with Crippen molar-refractivity contribution in [1.29, 1.82) is 0 Å². The number of Topliss-reactive ketones (excluding diaryl/α,β-unsaturated/α-hetero) is 1. The molecule has 2 aromatic heterocycles. The highest BCUT2D eigenvalue weighted by Crippen LogP contribution is 2.31. The second kappa shape index (κ2) is 8.03. The number of benzene rings is 1. The Hall–Kier alpha value is -3.81. The van der Waals surface area contributed by atoms with E-state index in [-0.39, 0.29) is 12.3 Å². The van der Waals surface area contributed by atoms with E-state index in [9.17, 15) is 14.4 Å². The van der Waals surface area contributed by atoms with Crippen LogP contribution in [0.2, 0.25) is 0 Å². The van der Waals surface area contributed by atoms with Gasteiger partial charge in [-0.1, -0.05) is 12.1 Å². The fourth-order valence-electron chi connectivity index (χ4n) is 4.08. The maximum Gasteiger partial charge on any atom is 0.325 e. The molecule has 0 bridgehead atoms. The number of imide groups is 1. The molecule has 0 saturated carbocycles. The SMILES string of the molecule is COc1cccc([C@@]2(C)NC(=O)N(CC(=O)c3cc(C)n(Cc4ccco4)c3C)C2=O)c1. The van der Waals surface area contributed by atoms with E-state index in [2.05, 4.69) is 5.32 Å². The van der Waals surface area contributed by atoms with Crippen LogP contribution in [-0.4, -0.2) is 40.8 Å². The zero-order valence-electron chi connectivity index (χ0n) is 18.5. The summed E-state index contributed by atoms with van der Waals surface area (Å²) >= 11 is 0. The van der Waals surface area contributed by atoms with Gasteiger partial charge in [0.25, 0.3) is 5.91 Å². The first-order valence-corrected chi connectivity index (χ1v) is 10.3. The first-order valence-electron chi connectivity index (χ1n) is 10.3. The summed E-state index contributed by atoms with van der Waals surface area (Å²) in [5.74, 6) is 0.564. The number of furan rings is 1. The van der Waals surface area contributed by atoms with Gasteiger partial charge in [0.2, 0.25) is 0 Å². The zero-order chi connectivity index (χ0) is 23.0. The highest BCUT2D eigenvalue weighted by Gasteiger charge is 2.49. The Balaban J connectivity index is 1.56. The lowest BCUT2D eigenvalue weighted by atomic mass is 9.92. The highest BCUT2D eigenvalue weighted by atomic mass is 16.5. The molecule has 1 aliphatic rings. The van der Waals surface area contributed by atoms with E-state index >= 15 is 0 Å². The van der Waals surface area contributed by atoms with Gasteiger partial charge in [0.15, 0.2) is 5.78 Å². The average molecular weight is 435 g/mol. The number of nitrogens with zero attached hydrogens (tertiary/aromatic N) is 2. The van der Waals surface area contributed by atoms with Crippen molar-refractivity contribution in [3.05, 3.63) is 77.0 Å². The van der Waals surface area contributed by atoms with E-state index in [1.807, 2.05) is 30.5 Å². The molecule has 4 rings (SSSR count). The van der Waals surface area contributed by atoms with E-state index in [1.54, 1.807) is 43.5 Å². The summed E-state index contributed by atoms with van der Waals surface area (Å²) in [4.78, 5) is 39.9. The van der Waals surface area contributed by atoms with Crippen LogP contribution < -0.4 is 10.1 Å². The van der Waals surface area contributed by atoms with E-state index in [0.29, 0.717) is 23.4 Å². The van der Waals surface area contributed by atoms with Crippen LogP contribution in [0.5, 0.6) is 5.75 Å². The lowest BCUT2D eigenvalue weighted by Crippen LogP contribution is -2.41. The molecule has 1 saturated heterocycles. The standard InChI is InChI=1S/C24H25N3O5/c1-15-11-20(16(2)26(15)13-19-9-6-10-32-19)21(28)14-27-22(29)24(3,25-23(27)30)17-7-5-8-18(12-17)31-4/h5-12H,13-14H2,1-4H3,(H,25,30)/t24-/m1/s1. The van der Waals surface area contributed by atoms with Gasteiger partial charge < -0.3 is 19.0 Å². The Bertz CT molecular complexity index is 1190. The van der Waals surface area contributed by atoms with Gasteiger partial charge in [0, 0.05) is 17.0 Å². The van der Waals surface area contributed by atoms with Gasteiger partial charge in [-0.15, -0.1) is 0 Å². The number of rotatable bonds is 7. The maximum atomic E-state index is 13.2. The first-order chi connectivity index (χ1) is 15.2. The van der Waals surface area contributed by atoms with Crippen LogP contribution in [0, 0.1) is 13.8 Å². The van der Waals surface area contributed by atoms with Gasteiger partial charge in [-0.25, -0.2) is 4.79 Å². The van der Waals surface area contributed by atoms with Crippen LogP contribution >= 0.6 is 0 Å². The van der Waals surface area contributed by atoms with Gasteiger partial charge in [-0.2, -0.15) is 0 Å². The topological polar surface area (TPSA) is 93.8 Å². The monoisotopic (exact) mass is 435 g/mol. The minimum Gasteiger partial charge on any atom is -0.497 e. The van der Waals surface area contributed by atoms with Crippen molar-refractivity contribution >= 4 is 17.7 Å². The molecule has 1 aliphatic heterocycles. The Kier molecular flexibility index (Phi) is 5.38. The summed E-state index contributed by atoms with van der Waals surface area (Å²) in [6.07, 6.45) is 1.60. The molecule has 3 amide bonds. The summed E-state index contributed by atoms with van der Waals surface area (Å²) in [5, 5.41) is 2.73. The Morgan fingerprint density at radius 3 is 2.62 bits per heavy atom. The molecule has 8 nitrogen and oxygen atoms in total. The molecular weight excluding hydrogens is 410 g/mol. The third-order valence-corrected chi connectivity index (χ3v) is 5.99. The first kappa shape index (κ1) is 21.4. The predicted octanol–water partition coefficient (Wildman–Crippen LogP) is 3.40. The van der Waals surface area contributed by atoms with Crippen LogP contribution in [-0.2, 0) is 16.9 Å². The van der Waals surface area contributed by atoms with E-state index in [4.69, 9.17) is 9.15 Å². The molecule has 166 valence electrons. The van der Waals surface area contributed by atoms with Crippen molar-refractivity contribution in [2.24, 2.45) is 0 Å². The van der Waals surface area contributed by atoms with Crippen LogP contribution in [0.3, 0.4) is 0 Å². The molecular formula is C24H25N3O5. The average Bonchev–Trinajstić information content (AvgIpc) is 3.45. The largest absolute Gasteiger partial charge is 0.497 e. The number of hydrogen-bond donors (Lipinski definition) is 1. The third kappa shape index (κ3) is 3.57. The molecule has 1 atom stereocenters. The summed E-state index contributed by atoms with van der Waals surface area (Å²) in [7, 11) is 1.53. The number of aryl methyl sites for hydroxylation is 1. The van der Waals surface area contributed by atoms with Gasteiger partial charge in [0.1, 0.15) is 17.0 Å². The molecule has 3 aromatic rings. The van der Waals surface area contributed by atoms with Crippen LogP contribution in [0.4, 0.5) is 4.79 Å². The van der Waals surface area contributed by atoms with Gasteiger partial charge in [-0.3, -0.25) is 14.5 Å². The number of ether oxygens (including phenoxy) is 1. The second-order valence-electron chi connectivity index (χ2n) is 8.05. The van der Waals surface area contributed by atoms with Crippen molar-refractivity contribution in [2.45, 2.75) is 32.9 Å². The molecule has 0 radical (unpaired) electrons. The maximum absolute atomic E-state index is 13.2. The van der Waals surface area contributed by atoms with Crippen molar-refractivity contribution in [2.75, 3.05) is 13.7 Å². The Labute approximate surface area is 185 Å². The number of carbonyl (C=O) groups is 3. The molecule has 0 aliphatic carbocycles. The lowest BCUT2D eigenvalue weighted by molar-refractivity contribution is -0.130. The molecule has 1 N–H and O–H groups in total. The molecule has 3 heterocycles. The molecule has 32 heavy (non-hydrogen) atoms. The number of ketones is 1. The molecule has 1 aromatic carbocycles. The minimum absolute atomic E-state index is 0.304. The number of amides is 3. The summed E-state index contributed by atoms with van der Waals surface area (Å²) in [5.41, 5.74) is 1.43. The quantitative estimate of drug-likeness (QED) is 0.453. The number of methoxy groups -OCH3 is 1. The number of nitrogens with one attached hydrogen (secondary N) is 1. The number of urea groups is 1. The van der Waals surface area contributed by atoms with Gasteiger partial charge in [0.05, 0.1) is 26.5 Å². The van der Waals surface area contributed by atoms with Crippen molar-refractivity contribution < 1.29 is 23.5 Å². The smallest absolute Gasteiger partial charge is 0.325 e. The van der Waals surface area contributed by atoms with Crippen LogP contribution in [0.1, 0.15) is 40.0 Å². The predicted molar refractivity (Wildman–Crippen MR) is 117 cm³/mol. The fraction of sp³-hybridized carbons (Fsp3) is 0.292. The molecule has 1 fully saturated rings. The fourth-order valence-corrected chi connectivity index (χ4v) is 4.08. The summed E-state index contributed by atoms with van der Waals surface area (Å²) < 4.78 is 12.6. The number of aromatic nitrogens is 1. The lowest BCUT2D eigenvalue weighted by Gasteiger charge is -2.22. The van der Waals surface area contributed by atoms with Crippen molar-refractivity contribution in [3.63, 3.8) is 0 Å². The number of hydrogen-bond acceptors (Lipinski definition) is 5. The van der Waals surface area contributed by atoms with Gasteiger partial charge >= 0.3 is 6.03 Å². The van der Waals surface area contributed by atoms with Crippen LogP contribution in [0.25, 0.3) is 0 Å². The normalized spacial score (nSPS) is 18.2. The van der Waals surface area contributed by atoms with E-state index in [0.717, 1.165) is 22.0 Å². The van der Waals surface area contributed by atoms with Crippen LogP contribution in [0.15, 0.2) is 53.1 Å². The van der Waals surface area contributed by atoms with E-state index in [1.165, 1.54) is 7.11 Å². The molecule has 8 heteroatoms. The summed E-state index contributed by atoms with van der Waals surface area (Å²) in [6, 6.07) is 11.8.